The first-order chi connectivity index (χ1) is 15.0. The molecule has 0 aromatic heterocycles. The first-order valence-electron chi connectivity index (χ1n) is 12.8. The molecule has 7 nitrogen and oxygen atoms in total. The zero-order valence-corrected chi connectivity index (χ0v) is 19.3. The van der Waals surface area contributed by atoms with E-state index in [2.05, 4.69) is 24.1 Å². The summed E-state index contributed by atoms with van der Waals surface area (Å²) in [5, 5.41) is 3.08. The van der Waals surface area contributed by atoms with E-state index in [0.717, 1.165) is 50.9 Å². The van der Waals surface area contributed by atoms with Crippen molar-refractivity contribution >= 4 is 5.91 Å². The number of likely N-dealkylation sites (N-methyl/N-ethyl adjacent to an activating group) is 1. The first kappa shape index (κ1) is 22.1. The van der Waals surface area contributed by atoms with Gasteiger partial charge in [0.1, 0.15) is 0 Å². The fraction of sp³-hybridized carbons (Fsp3) is 0.958. The maximum Gasteiger partial charge on any atom is 0.239 e. The second-order valence-electron chi connectivity index (χ2n) is 10.8. The van der Waals surface area contributed by atoms with Gasteiger partial charge in [0.05, 0.1) is 0 Å². The molecule has 5 aliphatic carbocycles. The van der Waals surface area contributed by atoms with Gasteiger partial charge in [0.2, 0.25) is 17.5 Å². The van der Waals surface area contributed by atoms with Gasteiger partial charge in [0.15, 0.2) is 0 Å². The van der Waals surface area contributed by atoms with E-state index in [1.165, 1.54) is 32.1 Å². The number of nitrogens with one attached hydrogen (secondary N) is 1. The highest BCUT2D eigenvalue weighted by atomic mass is 17.4. The number of carbonyl (C=O) groups is 1. The summed E-state index contributed by atoms with van der Waals surface area (Å²) >= 11 is 0. The summed E-state index contributed by atoms with van der Waals surface area (Å²) in [6.07, 6.45) is 9.88. The van der Waals surface area contributed by atoms with Crippen LogP contribution in [0.3, 0.4) is 0 Å². The van der Waals surface area contributed by atoms with Gasteiger partial charge in [0.25, 0.3) is 0 Å². The number of rotatable bonds is 7. The molecule has 0 atom stereocenters. The third-order valence-electron chi connectivity index (χ3n) is 8.91. The van der Waals surface area contributed by atoms with E-state index >= 15 is 0 Å². The maximum atomic E-state index is 12.3. The zero-order valence-electron chi connectivity index (χ0n) is 19.3. The Bertz CT molecular complexity index is 604. The molecule has 1 amide bonds. The van der Waals surface area contributed by atoms with E-state index in [0.29, 0.717) is 37.0 Å². The molecule has 1 heterocycles. The highest BCUT2D eigenvalue weighted by Crippen LogP contribution is 2.61. The van der Waals surface area contributed by atoms with Gasteiger partial charge in [-0.1, -0.05) is 13.8 Å². The van der Waals surface area contributed by atoms with Crippen LogP contribution in [0.1, 0.15) is 78.1 Å². The molecule has 6 fully saturated rings. The number of nitrogens with zero attached hydrogens (tertiary/aromatic N) is 1. The minimum absolute atomic E-state index is 0.152. The Morgan fingerprint density at radius 3 is 2.03 bits per heavy atom. The highest BCUT2D eigenvalue weighted by molar-refractivity contribution is 5.76. The normalized spacial score (nSPS) is 43.8. The van der Waals surface area contributed by atoms with Crippen LogP contribution in [-0.4, -0.2) is 48.6 Å². The molecule has 0 radical (unpaired) electrons. The number of hydrogen-bond donors (Lipinski definition) is 1. The molecule has 1 saturated heterocycles. The Morgan fingerprint density at radius 1 is 0.903 bits per heavy atom. The molecule has 31 heavy (non-hydrogen) atoms. The molecule has 0 aromatic rings. The monoisotopic (exact) mass is 436 g/mol. The van der Waals surface area contributed by atoms with Crippen LogP contribution in [0, 0.1) is 29.6 Å². The van der Waals surface area contributed by atoms with Gasteiger partial charge in [-0.2, -0.15) is 19.6 Å². The summed E-state index contributed by atoms with van der Waals surface area (Å²) in [6.45, 7) is 7.97. The Morgan fingerprint density at radius 2 is 1.48 bits per heavy atom. The molecule has 1 aliphatic heterocycles. The van der Waals surface area contributed by atoms with Crippen molar-refractivity contribution in [1.82, 2.24) is 10.2 Å². The van der Waals surface area contributed by atoms with Crippen molar-refractivity contribution in [2.75, 3.05) is 26.2 Å². The molecule has 176 valence electrons. The van der Waals surface area contributed by atoms with E-state index in [1.54, 1.807) is 0 Å². The molecule has 1 N–H and O–H groups in total. The van der Waals surface area contributed by atoms with Crippen molar-refractivity contribution in [3.63, 3.8) is 0 Å². The second kappa shape index (κ2) is 8.90. The van der Waals surface area contributed by atoms with E-state index in [9.17, 15) is 4.79 Å². The lowest BCUT2D eigenvalue weighted by molar-refractivity contribution is -0.680. The molecule has 0 aromatic carbocycles. The van der Waals surface area contributed by atoms with Crippen LogP contribution in [0.25, 0.3) is 0 Å². The fourth-order valence-electron chi connectivity index (χ4n) is 7.14. The smallest absolute Gasteiger partial charge is 0.239 e. The predicted octanol–water partition coefficient (Wildman–Crippen LogP) is 3.78. The van der Waals surface area contributed by atoms with Crippen molar-refractivity contribution in [2.24, 2.45) is 29.6 Å². The molecule has 7 heteroatoms. The van der Waals surface area contributed by atoms with Crippen LogP contribution in [0.5, 0.6) is 0 Å². The van der Waals surface area contributed by atoms with Crippen LogP contribution in [-0.2, 0) is 24.3 Å². The molecule has 6 aliphatic rings. The van der Waals surface area contributed by atoms with Gasteiger partial charge in [0, 0.05) is 44.2 Å². The molecular formula is C24H40N2O5. The molecule has 6 rings (SSSR count). The summed E-state index contributed by atoms with van der Waals surface area (Å²) in [5.74, 6) is 1.52. The van der Waals surface area contributed by atoms with Crippen LogP contribution < -0.4 is 5.32 Å². The first-order valence-corrected chi connectivity index (χ1v) is 12.8. The number of hydrogen-bond acceptors (Lipinski definition) is 6. The highest BCUT2D eigenvalue weighted by Gasteiger charge is 2.64. The average Bonchev–Trinajstić information content (AvgIpc) is 2.78. The number of amides is 1. The largest absolute Gasteiger partial charge is 0.355 e. The standard InChI is InChI=1S/C24H40N2O5/c1-3-26(4-2)10-9-25-22(27)16-17-5-7-23(8-6-17)28-30-24(31-29-23)20-12-18-11-19(14-20)15-21(24)13-18/h17-21H,3-16H2,1-2H3,(H,25,27). The van der Waals surface area contributed by atoms with E-state index in [-0.39, 0.29) is 5.91 Å². The van der Waals surface area contributed by atoms with Gasteiger partial charge >= 0.3 is 0 Å². The van der Waals surface area contributed by atoms with E-state index in [4.69, 9.17) is 19.6 Å². The van der Waals surface area contributed by atoms with Gasteiger partial charge in [-0.15, -0.1) is 0 Å². The Kier molecular flexibility index (Phi) is 6.34. The lowest BCUT2D eigenvalue weighted by atomic mass is 9.53. The zero-order chi connectivity index (χ0) is 21.5. The average molecular weight is 437 g/mol. The van der Waals surface area contributed by atoms with Crippen LogP contribution >= 0.6 is 0 Å². The van der Waals surface area contributed by atoms with Gasteiger partial charge < -0.3 is 10.2 Å². The summed E-state index contributed by atoms with van der Waals surface area (Å²) in [5.41, 5.74) is 0. The number of carbonyl (C=O) groups excluding carboxylic acids is 1. The Labute approximate surface area is 186 Å². The van der Waals surface area contributed by atoms with Gasteiger partial charge in [-0.25, -0.2) is 0 Å². The topological polar surface area (TPSA) is 69.3 Å². The van der Waals surface area contributed by atoms with Gasteiger partial charge in [-0.3, -0.25) is 4.79 Å². The Hall–Kier alpha value is -0.730. The summed E-state index contributed by atoms with van der Waals surface area (Å²) < 4.78 is 0. The lowest BCUT2D eigenvalue weighted by Gasteiger charge is -2.60. The van der Waals surface area contributed by atoms with Gasteiger partial charge in [-0.05, 0) is 75.8 Å². The predicted molar refractivity (Wildman–Crippen MR) is 114 cm³/mol. The third-order valence-corrected chi connectivity index (χ3v) is 8.91. The second-order valence-corrected chi connectivity index (χ2v) is 10.8. The van der Waals surface area contributed by atoms with Crippen molar-refractivity contribution in [3.05, 3.63) is 0 Å². The van der Waals surface area contributed by atoms with Crippen molar-refractivity contribution in [1.29, 1.82) is 0 Å². The summed E-state index contributed by atoms with van der Waals surface area (Å²) in [6, 6.07) is 0. The lowest BCUT2D eigenvalue weighted by Crippen LogP contribution is -2.64. The fourth-order valence-corrected chi connectivity index (χ4v) is 7.14. The molecular weight excluding hydrogens is 396 g/mol. The Balaban J connectivity index is 1.07. The van der Waals surface area contributed by atoms with E-state index in [1.807, 2.05) is 0 Å². The molecule has 5 saturated carbocycles. The third kappa shape index (κ3) is 4.29. The van der Waals surface area contributed by atoms with Crippen LogP contribution in [0.15, 0.2) is 0 Å². The van der Waals surface area contributed by atoms with Crippen molar-refractivity contribution < 1.29 is 24.3 Å². The summed E-state index contributed by atoms with van der Waals surface area (Å²) in [4.78, 5) is 38.9. The van der Waals surface area contributed by atoms with Crippen molar-refractivity contribution in [2.45, 2.75) is 89.6 Å². The van der Waals surface area contributed by atoms with E-state index < -0.39 is 11.6 Å². The SMILES string of the molecule is CCN(CC)CCNC(=O)CC1CCC2(CC1)OOC1(OO2)C2CC3CC(C2)CC1C3. The summed E-state index contributed by atoms with van der Waals surface area (Å²) in [7, 11) is 0. The quantitative estimate of drug-likeness (QED) is 0.613. The van der Waals surface area contributed by atoms with Crippen LogP contribution in [0.2, 0.25) is 0 Å². The molecule has 0 unspecified atom stereocenters. The van der Waals surface area contributed by atoms with Crippen molar-refractivity contribution in [3.8, 4) is 0 Å². The minimum atomic E-state index is -0.796. The molecule has 4 bridgehead atoms. The van der Waals surface area contributed by atoms with Crippen LogP contribution in [0.4, 0.5) is 0 Å². The maximum absolute atomic E-state index is 12.3. The minimum Gasteiger partial charge on any atom is -0.355 e. The molecule has 2 spiro atoms.